The molecule has 2 atom stereocenters. The standard InChI is InChI=1S/C9H14O2/c1-6-8(7(2)10)4-3-5-9(6)11/h6,8H,3-5H2,1-2H3/t6-,8-/m0/s1. The van der Waals surface area contributed by atoms with E-state index in [0.29, 0.717) is 6.42 Å². The largest absolute Gasteiger partial charge is 0.300 e. The van der Waals surface area contributed by atoms with Gasteiger partial charge in [-0.2, -0.15) is 0 Å². The summed E-state index contributed by atoms with van der Waals surface area (Å²) in [7, 11) is 0. The van der Waals surface area contributed by atoms with Gasteiger partial charge in [-0.1, -0.05) is 6.92 Å². The summed E-state index contributed by atoms with van der Waals surface area (Å²) < 4.78 is 0. The van der Waals surface area contributed by atoms with Crippen LogP contribution >= 0.6 is 0 Å². The highest BCUT2D eigenvalue weighted by molar-refractivity contribution is 5.89. The molecule has 1 fully saturated rings. The Kier molecular flexibility index (Phi) is 2.42. The molecule has 0 spiro atoms. The van der Waals surface area contributed by atoms with Gasteiger partial charge in [0.05, 0.1) is 0 Å². The van der Waals surface area contributed by atoms with E-state index in [0.717, 1.165) is 12.8 Å². The lowest BCUT2D eigenvalue weighted by Gasteiger charge is -2.24. The molecule has 62 valence electrons. The molecular weight excluding hydrogens is 140 g/mol. The van der Waals surface area contributed by atoms with Gasteiger partial charge >= 0.3 is 0 Å². The van der Waals surface area contributed by atoms with E-state index in [4.69, 9.17) is 0 Å². The molecule has 0 amide bonds. The van der Waals surface area contributed by atoms with Crippen molar-refractivity contribution in [1.82, 2.24) is 0 Å². The van der Waals surface area contributed by atoms with Crippen LogP contribution in [0.2, 0.25) is 0 Å². The van der Waals surface area contributed by atoms with Gasteiger partial charge in [-0.05, 0) is 19.8 Å². The average molecular weight is 154 g/mol. The van der Waals surface area contributed by atoms with Gasteiger partial charge < -0.3 is 0 Å². The molecule has 0 aromatic heterocycles. The lowest BCUT2D eigenvalue weighted by molar-refractivity contribution is -0.133. The van der Waals surface area contributed by atoms with Gasteiger partial charge in [0.1, 0.15) is 11.6 Å². The van der Waals surface area contributed by atoms with Gasteiger partial charge in [-0.3, -0.25) is 9.59 Å². The van der Waals surface area contributed by atoms with Gasteiger partial charge in [0, 0.05) is 18.3 Å². The number of carbonyl (C=O) groups excluding carboxylic acids is 2. The molecule has 1 saturated carbocycles. The molecule has 0 unspecified atom stereocenters. The maximum atomic E-state index is 11.2. The molecule has 1 aliphatic carbocycles. The van der Waals surface area contributed by atoms with Crippen molar-refractivity contribution in [3.63, 3.8) is 0 Å². The number of ketones is 2. The van der Waals surface area contributed by atoms with E-state index in [1.54, 1.807) is 6.92 Å². The summed E-state index contributed by atoms with van der Waals surface area (Å²) in [5, 5.41) is 0. The topological polar surface area (TPSA) is 34.1 Å². The van der Waals surface area contributed by atoms with E-state index in [-0.39, 0.29) is 23.4 Å². The first-order valence-corrected chi connectivity index (χ1v) is 4.16. The first kappa shape index (κ1) is 8.44. The molecule has 0 aliphatic heterocycles. The number of Topliss-reactive ketones (excluding diaryl/α,β-unsaturated/α-hetero) is 2. The molecule has 0 N–H and O–H groups in total. The van der Waals surface area contributed by atoms with Crippen LogP contribution in [-0.4, -0.2) is 11.6 Å². The fourth-order valence-corrected chi connectivity index (χ4v) is 1.75. The Balaban J connectivity index is 2.65. The monoisotopic (exact) mass is 154 g/mol. The fraction of sp³-hybridized carbons (Fsp3) is 0.778. The van der Waals surface area contributed by atoms with Crippen molar-refractivity contribution in [3.8, 4) is 0 Å². The number of hydrogen-bond donors (Lipinski definition) is 0. The second-order valence-electron chi connectivity index (χ2n) is 3.36. The van der Waals surface area contributed by atoms with Crippen molar-refractivity contribution in [2.24, 2.45) is 11.8 Å². The Bertz CT molecular complexity index is 184. The first-order valence-electron chi connectivity index (χ1n) is 4.16. The van der Waals surface area contributed by atoms with E-state index in [9.17, 15) is 9.59 Å². The summed E-state index contributed by atoms with van der Waals surface area (Å²) in [4.78, 5) is 22.2. The SMILES string of the molecule is CC(=O)[C@H]1CCCC(=O)[C@H]1C. The van der Waals surface area contributed by atoms with Crippen molar-refractivity contribution in [2.75, 3.05) is 0 Å². The Morgan fingerprint density at radius 1 is 1.55 bits per heavy atom. The molecule has 0 heterocycles. The molecule has 2 nitrogen and oxygen atoms in total. The van der Waals surface area contributed by atoms with E-state index in [1.807, 2.05) is 6.92 Å². The van der Waals surface area contributed by atoms with Crippen molar-refractivity contribution >= 4 is 11.6 Å². The normalized spacial score (nSPS) is 32.0. The van der Waals surface area contributed by atoms with Gasteiger partial charge in [-0.25, -0.2) is 0 Å². The lowest BCUT2D eigenvalue weighted by atomic mass is 9.77. The number of rotatable bonds is 1. The molecule has 0 bridgehead atoms. The minimum Gasteiger partial charge on any atom is -0.300 e. The Morgan fingerprint density at radius 2 is 2.18 bits per heavy atom. The van der Waals surface area contributed by atoms with Gasteiger partial charge in [0.25, 0.3) is 0 Å². The third kappa shape index (κ3) is 1.67. The summed E-state index contributed by atoms with van der Waals surface area (Å²) in [6.07, 6.45) is 2.47. The van der Waals surface area contributed by atoms with E-state index in [2.05, 4.69) is 0 Å². The maximum Gasteiger partial charge on any atom is 0.136 e. The Morgan fingerprint density at radius 3 is 2.64 bits per heavy atom. The molecule has 1 rings (SSSR count). The lowest BCUT2D eigenvalue weighted by Crippen LogP contribution is -2.30. The highest BCUT2D eigenvalue weighted by atomic mass is 16.1. The minimum atomic E-state index is -0.0266. The fourth-order valence-electron chi connectivity index (χ4n) is 1.75. The predicted octanol–water partition coefficient (Wildman–Crippen LogP) is 1.58. The summed E-state index contributed by atoms with van der Waals surface area (Å²) in [6.45, 7) is 3.45. The van der Waals surface area contributed by atoms with Crippen LogP contribution in [0, 0.1) is 11.8 Å². The smallest absolute Gasteiger partial charge is 0.136 e. The molecule has 0 saturated heterocycles. The molecule has 2 heteroatoms. The molecule has 1 aliphatic rings. The van der Waals surface area contributed by atoms with Crippen LogP contribution in [0.15, 0.2) is 0 Å². The number of carbonyl (C=O) groups is 2. The van der Waals surface area contributed by atoms with Gasteiger partial charge in [0.15, 0.2) is 0 Å². The van der Waals surface area contributed by atoms with Crippen molar-refractivity contribution in [2.45, 2.75) is 33.1 Å². The van der Waals surface area contributed by atoms with Crippen LogP contribution in [0.5, 0.6) is 0 Å². The van der Waals surface area contributed by atoms with E-state index < -0.39 is 0 Å². The highest BCUT2D eigenvalue weighted by Crippen LogP contribution is 2.27. The van der Waals surface area contributed by atoms with Crippen molar-refractivity contribution < 1.29 is 9.59 Å². The van der Waals surface area contributed by atoms with Crippen LogP contribution < -0.4 is 0 Å². The predicted molar refractivity (Wildman–Crippen MR) is 42.2 cm³/mol. The van der Waals surface area contributed by atoms with Crippen molar-refractivity contribution in [1.29, 1.82) is 0 Å². The minimum absolute atomic E-state index is 0.0104. The molecule has 0 aromatic rings. The Hall–Kier alpha value is -0.660. The third-order valence-corrected chi connectivity index (χ3v) is 2.57. The van der Waals surface area contributed by atoms with Crippen LogP contribution in [-0.2, 0) is 9.59 Å². The second-order valence-corrected chi connectivity index (χ2v) is 3.36. The maximum absolute atomic E-state index is 11.2. The molecule has 11 heavy (non-hydrogen) atoms. The molecule has 0 aromatic carbocycles. The summed E-state index contributed by atoms with van der Waals surface area (Å²) in [6, 6.07) is 0. The quantitative estimate of drug-likeness (QED) is 0.574. The van der Waals surface area contributed by atoms with Gasteiger partial charge in [0.2, 0.25) is 0 Å². The zero-order valence-corrected chi connectivity index (χ0v) is 7.09. The zero-order valence-electron chi connectivity index (χ0n) is 7.09. The zero-order chi connectivity index (χ0) is 8.43. The van der Waals surface area contributed by atoms with E-state index in [1.165, 1.54) is 0 Å². The van der Waals surface area contributed by atoms with Crippen LogP contribution in [0.4, 0.5) is 0 Å². The van der Waals surface area contributed by atoms with Crippen LogP contribution in [0.3, 0.4) is 0 Å². The third-order valence-electron chi connectivity index (χ3n) is 2.57. The van der Waals surface area contributed by atoms with Crippen LogP contribution in [0.25, 0.3) is 0 Å². The van der Waals surface area contributed by atoms with Gasteiger partial charge in [-0.15, -0.1) is 0 Å². The average Bonchev–Trinajstić information content (AvgIpc) is 1.94. The second kappa shape index (κ2) is 3.16. The van der Waals surface area contributed by atoms with Crippen LogP contribution in [0.1, 0.15) is 33.1 Å². The summed E-state index contributed by atoms with van der Waals surface area (Å²) in [5.41, 5.74) is 0. The summed E-state index contributed by atoms with van der Waals surface area (Å²) in [5.74, 6) is 0.416. The van der Waals surface area contributed by atoms with E-state index >= 15 is 0 Å². The molecule has 0 radical (unpaired) electrons. The summed E-state index contributed by atoms with van der Waals surface area (Å²) >= 11 is 0. The van der Waals surface area contributed by atoms with Crippen molar-refractivity contribution in [3.05, 3.63) is 0 Å². The Labute approximate surface area is 67.0 Å². The highest BCUT2D eigenvalue weighted by Gasteiger charge is 2.30. The first-order chi connectivity index (χ1) is 5.13. The molecular formula is C9H14O2. The number of hydrogen-bond acceptors (Lipinski definition) is 2.